The molecule has 0 aliphatic carbocycles. The van der Waals surface area contributed by atoms with Gasteiger partial charge in [-0.2, -0.15) is 10.1 Å². The third kappa shape index (κ3) is 2.97. The van der Waals surface area contributed by atoms with E-state index in [1.165, 1.54) is 17.1 Å². The fourth-order valence-electron chi connectivity index (χ4n) is 2.32. The van der Waals surface area contributed by atoms with Crippen molar-refractivity contribution in [2.75, 3.05) is 19.0 Å². The van der Waals surface area contributed by atoms with Crippen LogP contribution in [0.2, 0.25) is 0 Å². The summed E-state index contributed by atoms with van der Waals surface area (Å²) in [6.45, 7) is 0.740. The van der Waals surface area contributed by atoms with Crippen LogP contribution in [0.15, 0.2) is 41.6 Å². The van der Waals surface area contributed by atoms with Crippen LogP contribution in [-0.2, 0) is 11.3 Å². The standard InChI is InChI=1S/C15H15N5O3/c1-23-7-6-20-8-12(13(21)18-15-16-9-17-19-15)10-4-2-3-5-11(10)14(20)22/h2-5,8-9H,6-7H2,1H3,(H2,16,17,18,19,21). The Labute approximate surface area is 131 Å². The summed E-state index contributed by atoms with van der Waals surface area (Å²) < 4.78 is 6.49. The van der Waals surface area contributed by atoms with E-state index in [2.05, 4.69) is 20.5 Å². The number of hydrogen-bond acceptors (Lipinski definition) is 5. The molecular weight excluding hydrogens is 298 g/mol. The minimum Gasteiger partial charge on any atom is -0.383 e. The van der Waals surface area contributed by atoms with Gasteiger partial charge in [-0.05, 0) is 6.07 Å². The lowest BCUT2D eigenvalue weighted by molar-refractivity contribution is 0.102. The third-order valence-corrected chi connectivity index (χ3v) is 3.42. The Morgan fingerprint density at radius 1 is 1.35 bits per heavy atom. The number of aromatic amines is 1. The second-order valence-corrected chi connectivity index (χ2v) is 4.87. The zero-order valence-electron chi connectivity index (χ0n) is 12.4. The number of amides is 1. The Morgan fingerprint density at radius 2 is 2.13 bits per heavy atom. The van der Waals surface area contributed by atoms with Crippen LogP contribution in [0.25, 0.3) is 10.8 Å². The highest BCUT2D eigenvalue weighted by Crippen LogP contribution is 2.16. The molecule has 0 fully saturated rings. The summed E-state index contributed by atoms with van der Waals surface area (Å²) >= 11 is 0. The fourth-order valence-corrected chi connectivity index (χ4v) is 2.32. The van der Waals surface area contributed by atoms with Crippen LogP contribution in [0.4, 0.5) is 5.95 Å². The van der Waals surface area contributed by atoms with Crippen molar-refractivity contribution >= 4 is 22.6 Å². The van der Waals surface area contributed by atoms with Gasteiger partial charge in [0.15, 0.2) is 0 Å². The average molecular weight is 313 g/mol. The molecule has 8 heteroatoms. The predicted octanol–water partition coefficient (Wildman–Crippen LogP) is 1.02. The number of carbonyl (C=O) groups is 1. The van der Waals surface area contributed by atoms with E-state index < -0.39 is 0 Å². The van der Waals surface area contributed by atoms with Gasteiger partial charge in [0.1, 0.15) is 6.33 Å². The van der Waals surface area contributed by atoms with E-state index in [1.807, 2.05) is 0 Å². The van der Waals surface area contributed by atoms with Gasteiger partial charge in [-0.1, -0.05) is 18.2 Å². The zero-order valence-corrected chi connectivity index (χ0v) is 12.4. The quantitative estimate of drug-likeness (QED) is 0.732. The van der Waals surface area contributed by atoms with Gasteiger partial charge in [0.2, 0.25) is 5.95 Å². The van der Waals surface area contributed by atoms with Gasteiger partial charge >= 0.3 is 0 Å². The van der Waals surface area contributed by atoms with Gasteiger partial charge in [0, 0.05) is 30.6 Å². The summed E-state index contributed by atoms with van der Waals surface area (Å²) in [6.07, 6.45) is 2.84. The van der Waals surface area contributed by atoms with E-state index in [4.69, 9.17) is 4.74 Å². The van der Waals surface area contributed by atoms with E-state index in [0.717, 1.165) is 0 Å². The normalized spacial score (nSPS) is 10.8. The van der Waals surface area contributed by atoms with Crippen LogP contribution in [-0.4, -0.2) is 39.4 Å². The summed E-state index contributed by atoms with van der Waals surface area (Å²) in [5, 5.41) is 9.93. The molecular formula is C15H15N5O3. The van der Waals surface area contributed by atoms with Gasteiger partial charge in [-0.3, -0.25) is 14.9 Å². The van der Waals surface area contributed by atoms with Crippen molar-refractivity contribution in [3.8, 4) is 0 Å². The molecule has 0 bridgehead atoms. The lowest BCUT2D eigenvalue weighted by Gasteiger charge is -2.11. The molecule has 0 saturated heterocycles. The maximum atomic E-state index is 12.5. The third-order valence-electron chi connectivity index (χ3n) is 3.42. The van der Waals surface area contributed by atoms with Crippen molar-refractivity contribution in [3.05, 3.63) is 52.7 Å². The first-order valence-electron chi connectivity index (χ1n) is 6.98. The number of hydrogen-bond donors (Lipinski definition) is 2. The number of fused-ring (bicyclic) bond motifs is 1. The second kappa shape index (κ2) is 6.41. The van der Waals surface area contributed by atoms with Gasteiger partial charge in [-0.25, -0.2) is 5.10 Å². The minimum absolute atomic E-state index is 0.158. The van der Waals surface area contributed by atoms with Gasteiger partial charge in [0.05, 0.1) is 12.2 Å². The molecule has 23 heavy (non-hydrogen) atoms. The average Bonchev–Trinajstić information content (AvgIpc) is 3.07. The van der Waals surface area contributed by atoms with E-state index in [1.54, 1.807) is 31.4 Å². The Balaban J connectivity index is 2.08. The molecule has 3 aromatic rings. The van der Waals surface area contributed by atoms with Crippen LogP contribution in [0, 0.1) is 0 Å². The molecule has 0 unspecified atom stereocenters. The van der Waals surface area contributed by atoms with Gasteiger partial charge in [-0.15, -0.1) is 0 Å². The number of ether oxygens (including phenoxy) is 1. The van der Waals surface area contributed by atoms with Crippen LogP contribution in [0.1, 0.15) is 10.4 Å². The number of H-pyrrole nitrogens is 1. The number of benzene rings is 1. The molecule has 2 heterocycles. The number of methoxy groups -OCH3 is 1. The van der Waals surface area contributed by atoms with Crippen molar-refractivity contribution in [2.45, 2.75) is 6.54 Å². The van der Waals surface area contributed by atoms with E-state index in [0.29, 0.717) is 29.5 Å². The molecule has 0 saturated carbocycles. The molecule has 118 valence electrons. The fraction of sp³-hybridized carbons (Fsp3) is 0.200. The number of aromatic nitrogens is 4. The Bertz CT molecular complexity index is 886. The molecule has 0 radical (unpaired) electrons. The first-order chi connectivity index (χ1) is 11.2. The first kappa shape index (κ1) is 14.9. The monoisotopic (exact) mass is 313 g/mol. The zero-order chi connectivity index (χ0) is 16.2. The molecule has 1 amide bonds. The van der Waals surface area contributed by atoms with Crippen molar-refractivity contribution < 1.29 is 9.53 Å². The maximum Gasteiger partial charge on any atom is 0.260 e. The minimum atomic E-state index is -0.371. The Hall–Kier alpha value is -3.00. The van der Waals surface area contributed by atoms with Crippen LogP contribution < -0.4 is 10.9 Å². The van der Waals surface area contributed by atoms with Crippen molar-refractivity contribution in [1.82, 2.24) is 19.7 Å². The summed E-state index contributed by atoms with van der Waals surface area (Å²) in [7, 11) is 1.56. The maximum absolute atomic E-state index is 12.5. The van der Waals surface area contributed by atoms with E-state index in [-0.39, 0.29) is 17.4 Å². The SMILES string of the molecule is COCCn1cc(C(=O)Nc2ncn[nH]2)c2ccccc2c1=O. The number of pyridine rings is 1. The lowest BCUT2D eigenvalue weighted by atomic mass is 10.1. The lowest BCUT2D eigenvalue weighted by Crippen LogP contribution is -2.25. The van der Waals surface area contributed by atoms with Gasteiger partial charge in [0.25, 0.3) is 11.5 Å². The molecule has 2 N–H and O–H groups in total. The number of nitrogens with zero attached hydrogens (tertiary/aromatic N) is 3. The number of anilines is 1. The van der Waals surface area contributed by atoms with Crippen LogP contribution >= 0.6 is 0 Å². The highest BCUT2D eigenvalue weighted by atomic mass is 16.5. The summed E-state index contributed by atoms with van der Waals surface area (Å²) in [4.78, 5) is 28.9. The molecule has 0 aliphatic rings. The van der Waals surface area contributed by atoms with Crippen LogP contribution in [0.3, 0.4) is 0 Å². The summed E-state index contributed by atoms with van der Waals surface area (Å²) in [6, 6.07) is 6.99. The molecule has 1 aromatic carbocycles. The molecule has 0 spiro atoms. The van der Waals surface area contributed by atoms with Crippen molar-refractivity contribution in [1.29, 1.82) is 0 Å². The van der Waals surface area contributed by atoms with E-state index >= 15 is 0 Å². The largest absolute Gasteiger partial charge is 0.383 e. The van der Waals surface area contributed by atoms with Crippen LogP contribution in [0.5, 0.6) is 0 Å². The smallest absolute Gasteiger partial charge is 0.260 e. The predicted molar refractivity (Wildman–Crippen MR) is 84.4 cm³/mol. The second-order valence-electron chi connectivity index (χ2n) is 4.87. The molecule has 8 nitrogen and oxygen atoms in total. The summed E-state index contributed by atoms with van der Waals surface area (Å²) in [5.74, 6) is -0.127. The highest BCUT2D eigenvalue weighted by Gasteiger charge is 2.15. The number of rotatable bonds is 5. The molecule has 3 rings (SSSR count). The molecule has 2 aromatic heterocycles. The molecule has 0 atom stereocenters. The molecule has 0 aliphatic heterocycles. The van der Waals surface area contributed by atoms with Crippen molar-refractivity contribution in [2.24, 2.45) is 0 Å². The van der Waals surface area contributed by atoms with E-state index in [9.17, 15) is 9.59 Å². The number of nitrogens with one attached hydrogen (secondary N) is 2. The Kier molecular flexibility index (Phi) is 4.15. The number of carbonyl (C=O) groups excluding carboxylic acids is 1. The Morgan fingerprint density at radius 3 is 2.83 bits per heavy atom. The van der Waals surface area contributed by atoms with Crippen molar-refractivity contribution in [3.63, 3.8) is 0 Å². The first-order valence-corrected chi connectivity index (χ1v) is 6.98. The summed E-state index contributed by atoms with van der Waals surface area (Å²) in [5.41, 5.74) is 0.224. The van der Waals surface area contributed by atoms with Gasteiger partial charge < -0.3 is 9.30 Å². The topological polar surface area (TPSA) is 102 Å². The highest BCUT2D eigenvalue weighted by molar-refractivity contribution is 6.12.